The molecule has 2 amide bonds. The van der Waals surface area contributed by atoms with Crippen molar-refractivity contribution in [3.63, 3.8) is 0 Å². The van der Waals surface area contributed by atoms with E-state index < -0.39 is 5.97 Å². The maximum Gasteiger partial charge on any atom is 0.317 e. The molecule has 1 unspecified atom stereocenters. The Morgan fingerprint density at radius 2 is 1.85 bits per heavy atom. The van der Waals surface area contributed by atoms with E-state index >= 15 is 0 Å². The van der Waals surface area contributed by atoms with Gasteiger partial charge in [-0.25, -0.2) is 4.79 Å². The van der Waals surface area contributed by atoms with Crippen molar-refractivity contribution < 1.29 is 19.8 Å². The normalized spacial score (nSPS) is 28.6. The number of carboxylic acid groups (broad SMARTS) is 1. The van der Waals surface area contributed by atoms with Gasteiger partial charge in [-0.05, 0) is 50.5 Å². The Labute approximate surface area is 160 Å². The van der Waals surface area contributed by atoms with Crippen molar-refractivity contribution in [2.45, 2.75) is 51.0 Å². The van der Waals surface area contributed by atoms with Crippen LogP contribution in [0.5, 0.6) is 0 Å². The van der Waals surface area contributed by atoms with E-state index in [1.54, 1.807) is 0 Å². The number of aliphatic hydroxyl groups excluding tert-OH is 1. The average molecular weight is 374 g/mol. The van der Waals surface area contributed by atoms with Crippen LogP contribution in [-0.2, 0) is 11.2 Å². The number of piperidine rings is 1. The van der Waals surface area contributed by atoms with E-state index in [9.17, 15) is 14.7 Å². The van der Waals surface area contributed by atoms with Crippen molar-refractivity contribution in [2.75, 3.05) is 19.7 Å². The van der Waals surface area contributed by atoms with Crippen LogP contribution in [0, 0.1) is 11.3 Å². The highest BCUT2D eigenvalue weighted by molar-refractivity contribution is 5.75. The van der Waals surface area contributed by atoms with Gasteiger partial charge in [0.25, 0.3) is 0 Å². The van der Waals surface area contributed by atoms with E-state index in [0.29, 0.717) is 38.8 Å². The summed E-state index contributed by atoms with van der Waals surface area (Å²) in [5.74, 6) is -1.01. The highest BCUT2D eigenvalue weighted by atomic mass is 16.4. The fraction of sp³-hybridized carbons (Fsp3) is 0.619. The standard InChI is InChI=1S/C21H30N2O4/c24-15-21(13-16-5-2-1-3-6-16)11-4-12-23(14-21)20(27)22-18-9-7-17(8-10-18)19(25)26/h1-3,5-6,17-18,24H,4,7-15H2,(H,22,27)(H,25,26). The highest BCUT2D eigenvalue weighted by Crippen LogP contribution is 2.33. The lowest BCUT2D eigenvalue weighted by atomic mass is 9.76. The minimum Gasteiger partial charge on any atom is -0.481 e. The summed E-state index contributed by atoms with van der Waals surface area (Å²) in [4.78, 5) is 25.6. The SMILES string of the molecule is O=C(O)C1CCC(NC(=O)N2CCCC(CO)(Cc3ccccc3)C2)CC1. The van der Waals surface area contributed by atoms with E-state index in [4.69, 9.17) is 5.11 Å². The van der Waals surface area contributed by atoms with E-state index in [-0.39, 0.29) is 30.0 Å². The van der Waals surface area contributed by atoms with Gasteiger partial charge in [0.15, 0.2) is 0 Å². The molecule has 1 aromatic rings. The van der Waals surface area contributed by atoms with Crippen LogP contribution in [0.3, 0.4) is 0 Å². The van der Waals surface area contributed by atoms with Crippen LogP contribution in [0.15, 0.2) is 30.3 Å². The van der Waals surface area contributed by atoms with Gasteiger partial charge in [0.05, 0.1) is 12.5 Å². The number of benzene rings is 1. The second-order valence-electron chi connectivity index (χ2n) is 8.18. The molecule has 0 radical (unpaired) electrons. The van der Waals surface area contributed by atoms with Crippen LogP contribution in [0.1, 0.15) is 44.1 Å². The van der Waals surface area contributed by atoms with Crippen LogP contribution < -0.4 is 5.32 Å². The zero-order chi connectivity index (χ0) is 19.3. The minimum atomic E-state index is -0.732. The fourth-order valence-electron chi connectivity index (χ4n) is 4.49. The largest absolute Gasteiger partial charge is 0.481 e. The lowest BCUT2D eigenvalue weighted by molar-refractivity contribution is -0.142. The van der Waals surface area contributed by atoms with E-state index in [0.717, 1.165) is 19.3 Å². The summed E-state index contributed by atoms with van der Waals surface area (Å²) >= 11 is 0. The molecule has 2 aliphatic rings. The smallest absolute Gasteiger partial charge is 0.317 e. The molecule has 0 spiro atoms. The van der Waals surface area contributed by atoms with Gasteiger partial charge in [-0.15, -0.1) is 0 Å². The van der Waals surface area contributed by atoms with E-state index in [2.05, 4.69) is 17.4 Å². The molecule has 27 heavy (non-hydrogen) atoms. The van der Waals surface area contributed by atoms with Gasteiger partial charge >= 0.3 is 12.0 Å². The van der Waals surface area contributed by atoms with Gasteiger partial charge in [0, 0.05) is 24.5 Å². The molecule has 148 valence electrons. The van der Waals surface area contributed by atoms with Crippen LogP contribution in [0.4, 0.5) is 4.79 Å². The molecule has 6 nitrogen and oxygen atoms in total. The van der Waals surface area contributed by atoms with E-state index in [1.165, 1.54) is 5.56 Å². The predicted molar refractivity (Wildman–Crippen MR) is 102 cm³/mol. The van der Waals surface area contributed by atoms with E-state index in [1.807, 2.05) is 23.1 Å². The molecular formula is C21H30N2O4. The molecule has 1 aliphatic carbocycles. The Morgan fingerprint density at radius 1 is 1.15 bits per heavy atom. The number of urea groups is 1. The number of rotatable bonds is 5. The molecule has 1 aromatic carbocycles. The second-order valence-corrected chi connectivity index (χ2v) is 8.18. The van der Waals surface area contributed by atoms with Crippen LogP contribution in [-0.4, -0.2) is 52.9 Å². The predicted octanol–water partition coefficient (Wildman–Crippen LogP) is 2.66. The topological polar surface area (TPSA) is 89.9 Å². The molecule has 1 aliphatic heterocycles. The minimum absolute atomic E-state index is 0.0488. The Morgan fingerprint density at radius 3 is 2.48 bits per heavy atom. The molecular weight excluding hydrogens is 344 g/mol. The molecule has 1 saturated heterocycles. The van der Waals surface area contributed by atoms with Gasteiger partial charge in [0.2, 0.25) is 0 Å². The molecule has 0 bridgehead atoms. The summed E-state index contributed by atoms with van der Waals surface area (Å²) in [5.41, 5.74) is 0.888. The summed E-state index contributed by atoms with van der Waals surface area (Å²) in [6.45, 7) is 1.32. The van der Waals surface area contributed by atoms with Gasteiger partial charge in [-0.3, -0.25) is 4.79 Å². The summed E-state index contributed by atoms with van der Waals surface area (Å²) in [7, 11) is 0. The maximum absolute atomic E-state index is 12.8. The first-order valence-corrected chi connectivity index (χ1v) is 9.94. The third-order valence-electron chi connectivity index (χ3n) is 6.11. The summed E-state index contributed by atoms with van der Waals surface area (Å²) in [5, 5.41) is 22.3. The number of nitrogens with one attached hydrogen (secondary N) is 1. The number of aliphatic hydroxyl groups is 1. The molecule has 1 saturated carbocycles. The van der Waals surface area contributed by atoms with Gasteiger partial charge < -0.3 is 20.4 Å². The number of hydrogen-bond donors (Lipinski definition) is 3. The number of carbonyl (C=O) groups excluding carboxylic acids is 1. The van der Waals surface area contributed by atoms with Crippen molar-refractivity contribution >= 4 is 12.0 Å². The Kier molecular flexibility index (Phi) is 6.37. The molecule has 0 aromatic heterocycles. The number of likely N-dealkylation sites (tertiary alicyclic amines) is 1. The number of carboxylic acids is 1. The molecule has 6 heteroatoms. The number of nitrogens with zero attached hydrogens (tertiary/aromatic N) is 1. The molecule has 3 N–H and O–H groups in total. The van der Waals surface area contributed by atoms with Gasteiger partial charge in [-0.1, -0.05) is 30.3 Å². The van der Waals surface area contributed by atoms with Gasteiger partial charge in [-0.2, -0.15) is 0 Å². The van der Waals surface area contributed by atoms with Crippen LogP contribution in [0.2, 0.25) is 0 Å². The monoisotopic (exact) mass is 374 g/mol. The summed E-state index contributed by atoms with van der Waals surface area (Å²) < 4.78 is 0. The van der Waals surface area contributed by atoms with Crippen molar-refractivity contribution in [3.05, 3.63) is 35.9 Å². The van der Waals surface area contributed by atoms with Crippen molar-refractivity contribution in [2.24, 2.45) is 11.3 Å². The Balaban J connectivity index is 1.56. The third-order valence-corrected chi connectivity index (χ3v) is 6.11. The van der Waals surface area contributed by atoms with Crippen molar-refractivity contribution in [1.82, 2.24) is 10.2 Å². The Hall–Kier alpha value is -2.08. The number of hydrogen-bond acceptors (Lipinski definition) is 3. The van der Waals surface area contributed by atoms with Crippen LogP contribution >= 0.6 is 0 Å². The quantitative estimate of drug-likeness (QED) is 0.739. The number of amides is 2. The lowest BCUT2D eigenvalue weighted by Gasteiger charge is -2.42. The molecule has 1 heterocycles. The highest BCUT2D eigenvalue weighted by Gasteiger charge is 2.37. The van der Waals surface area contributed by atoms with Crippen LogP contribution in [0.25, 0.3) is 0 Å². The fourth-order valence-corrected chi connectivity index (χ4v) is 4.49. The first-order valence-electron chi connectivity index (χ1n) is 9.94. The lowest BCUT2D eigenvalue weighted by Crippen LogP contribution is -2.54. The first-order chi connectivity index (χ1) is 13.0. The zero-order valence-electron chi connectivity index (χ0n) is 15.8. The van der Waals surface area contributed by atoms with Crippen molar-refractivity contribution in [3.8, 4) is 0 Å². The third kappa shape index (κ3) is 5.01. The zero-order valence-corrected chi connectivity index (χ0v) is 15.8. The number of carbonyl (C=O) groups is 2. The van der Waals surface area contributed by atoms with Crippen molar-refractivity contribution in [1.29, 1.82) is 0 Å². The summed E-state index contributed by atoms with van der Waals surface area (Å²) in [6, 6.07) is 10.1. The Bertz CT molecular complexity index is 643. The van der Waals surface area contributed by atoms with Gasteiger partial charge in [0.1, 0.15) is 0 Å². The molecule has 3 rings (SSSR count). The second kappa shape index (κ2) is 8.74. The first kappa shape index (κ1) is 19.7. The summed E-state index contributed by atoms with van der Waals surface area (Å²) in [6.07, 6.45) is 5.22. The molecule has 2 fully saturated rings. The molecule has 1 atom stereocenters. The maximum atomic E-state index is 12.8. The average Bonchev–Trinajstić information content (AvgIpc) is 2.69. The number of aliphatic carboxylic acids is 1.